The van der Waals surface area contributed by atoms with Gasteiger partial charge < -0.3 is 9.84 Å². The number of phenolic OH excluding ortho intramolecular Hbond substituents is 1. The van der Waals surface area contributed by atoms with Gasteiger partial charge in [0.1, 0.15) is 17.4 Å². The molecule has 112 valence electrons. The van der Waals surface area contributed by atoms with E-state index in [1.165, 1.54) is 6.07 Å². The summed E-state index contributed by atoms with van der Waals surface area (Å²) in [5, 5.41) is 9.70. The summed E-state index contributed by atoms with van der Waals surface area (Å²) < 4.78 is 5.62. The van der Waals surface area contributed by atoms with Crippen LogP contribution in [0.4, 0.5) is 0 Å². The van der Waals surface area contributed by atoms with Gasteiger partial charge in [-0.3, -0.25) is 0 Å². The summed E-state index contributed by atoms with van der Waals surface area (Å²) in [7, 11) is 0. The Kier molecular flexibility index (Phi) is 7.13. The number of ether oxygens (including phenoxy) is 1. The third-order valence-electron chi connectivity index (χ3n) is 3.76. The van der Waals surface area contributed by atoms with Crippen molar-refractivity contribution in [3.63, 3.8) is 0 Å². The zero-order chi connectivity index (χ0) is 15.0. The van der Waals surface area contributed by atoms with E-state index in [0.717, 1.165) is 32.1 Å². The number of hydrogen-bond donors (Lipinski definition) is 1. The summed E-state index contributed by atoms with van der Waals surface area (Å²) >= 11 is 0. The van der Waals surface area contributed by atoms with Crippen LogP contribution in [-0.2, 0) is 4.74 Å². The Bertz CT molecular complexity index is 414. The molecule has 0 aliphatic rings. The number of carbonyl (C=O) groups is 1. The number of benzene rings is 1. The van der Waals surface area contributed by atoms with Gasteiger partial charge in [0.05, 0.1) is 0 Å². The maximum Gasteiger partial charge on any atom is 0.342 e. The van der Waals surface area contributed by atoms with E-state index in [1.54, 1.807) is 18.2 Å². The smallest absolute Gasteiger partial charge is 0.342 e. The molecule has 0 aliphatic heterocycles. The molecular formula is C17H26O3. The molecule has 0 heterocycles. The van der Waals surface area contributed by atoms with Crippen LogP contribution in [0.5, 0.6) is 5.75 Å². The van der Waals surface area contributed by atoms with Crippen molar-refractivity contribution in [2.24, 2.45) is 5.92 Å². The molecule has 3 nitrogen and oxygen atoms in total. The number of hydrogen-bond acceptors (Lipinski definition) is 3. The lowest BCUT2D eigenvalue weighted by Crippen LogP contribution is -2.26. The number of rotatable bonds is 8. The van der Waals surface area contributed by atoms with Crippen LogP contribution in [0, 0.1) is 5.92 Å². The Hall–Kier alpha value is -1.51. The first-order valence-corrected chi connectivity index (χ1v) is 7.62. The van der Waals surface area contributed by atoms with Crippen molar-refractivity contribution in [1.29, 1.82) is 0 Å². The molecule has 20 heavy (non-hydrogen) atoms. The predicted molar refractivity (Wildman–Crippen MR) is 80.9 cm³/mol. The van der Waals surface area contributed by atoms with Crippen LogP contribution in [0.2, 0.25) is 0 Å². The van der Waals surface area contributed by atoms with Gasteiger partial charge in [0.2, 0.25) is 0 Å². The Morgan fingerprint density at radius 1 is 1.20 bits per heavy atom. The van der Waals surface area contributed by atoms with Crippen LogP contribution in [0.1, 0.15) is 63.2 Å². The van der Waals surface area contributed by atoms with E-state index in [0.29, 0.717) is 5.92 Å². The second kappa shape index (κ2) is 8.62. The van der Waals surface area contributed by atoms with Gasteiger partial charge in [-0.1, -0.05) is 45.7 Å². The third-order valence-corrected chi connectivity index (χ3v) is 3.76. The van der Waals surface area contributed by atoms with Crippen molar-refractivity contribution in [3.05, 3.63) is 29.8 Å². The summed E-state index contributed by atoms with van der Waals surface area (Å²) in [5.74, 6) is -0.0476. The van der Waals surface area contributed by atoms with Crippen LogP contribution >= 0.6 is 0 Å². The van der Waals surface area contributed by atoms with Crippen LogP contribution in [0.3, 0.4) is 0 Å². The summed E-state index contributed by atoms with van der Waals surface area (Å²) in [6.45, 7) is 6.34. The van der Waals surface area contributed by atoms with E-state index < -0.39 is 5.97 Å². The number of carbonyl (C=O) groups excluding carboxylic acids is 1. The molecule has 2 unspecified atom stereocenters. The Morgan fingerprint density at radius 3 is 2.45 bits per heavy atom. The third kappa shape index (κ3) is 4.55. The first kappa shape index (κ1) is 16.5. The number of unbranched alkanes of at least 4 members (excludes halogenated alkanes) is 1. The molecule has 1 rings (SSSR count). The van der Waals surface area contributed by atoms with Crippen molar-refractivity contribution in [1.82, 2.24) is 0 Å². The Labute approximate surface area is 122 Å². The number of aromatic hydroxyl groups is 1. The summed E-state index contributed by atoms with van der Waals surface area (Å²) in [4.78, 5) is 12.1. The van der Waals surface area contributed by atoms with Crippen molar-refractivity contribution in [3.8, 4) is 5.75 Å². The minimum atomic E-state index is -0.426. The zero-order valence-corrected chi connectivity index (χ0v) is 12.8. The highest BCUT2D eigenvalue weighted by molar-refractivity contribution is 5.92. The molecule has 1 aromatic rings. The van der Waals surface area contributed by atoms with Crippen LogP contribution in [-0.4, -0.2) is 17.2 Å². The number of para-hydroxylation sites is 1. The van der Waals surface area contributed by atoms with Crippen LogP contribution < -0.4 is 0 Å². The van der Waals surface area contributed by atoms with Crippen LogP contribution in [0.25, 0.3) is 0 Å². The highest BCUT2D eigenvalue weighted by atomic mass is 16.5. The molecule has 0 saturated carbocycles. The molecule has 0 saturated heterocycles. The quantitative estimate of drug-likeness (QED) is 0.710. The largest absolute Gasteiger partial charge is 0.507 e. The Morgan fingerprint density at radius 2 is 1.90 bits per heavy atom. The van der Waals surface area contributed by atoms with E-state index in [1.807, 2.05) is 6.92 Å². The van der Waals surface area contributed by atoms with Gasteiger partial charge in [0.25, 0.3) is 0 Å². The fraction of sp³-hybridized carbons (Fsp3) is 0.588. The molecule has 1 aromatic carbocycles. The normalized spacial score (nSPS) is 13.8. The SMILES string of the molecule is CCCCC(CC)C(CC)OC(=O)c1ccccc1O. The topological polar surface area (TPSA) is 46.5 Å². The molecule has 2 atom stereocenters. The molecular weight excluding hydrogens is 252 g/mol. The van der Waals surface area contributed by atoms with Crippen molar-refractivity contribution in [2.75, 3.05) is 0 Å². The highest BCUT2D eigenvalue weighted by Gasteiger charge is 2.23. The second-order valence-corrected chi connectivity index (χ2v) is 5.18. The lowest BCUT2D eigenvalue weighted by atomic mass is 9.92. The van der Waals surface area contributed by atoms with Crippen LogP contribution in [0.15, 0.2) is 24.3 Å². The van der Waals surface area contributed by atoms with Crippen molar-refractivity contribution in [2.45, 2.75) is 59.0 Å². The van der Waals surface area contributed by atoms with E-state index in [-0.39, 0.29) is 17.4 Å². The summed E-state index contributed by atoms with van der Waals surface area (Å²) in [5.41, 5.74) is 0.247. The molecule has 0 aromatic heterocycles. The minimum absolute atomic E-state index is 0.0195. The summed E-state index contributed by atoms with van der Waals surface area (Å²) in [6.07, 6.45) is 5.13. The van der Waals surface area contributed by atoms with Gasteiger partial charge in [-0.2, -0.15) is 0 Å². The average molecular weight is 278 g/mol. The minimum Gasteiger partial charge on any atom is -0.507 e. The monoisotopic (exact) mass is 278 g/mol. The fourth-order valence-corrected chi connectivity index (χ4v) is 2.48. The van der Waals surface area contributed by atoms with E-state index >= 15 is 0 Å². The Balaban J connectivity index is 2.72. The lowest BCUT2D eigenvalue weighted by molar-refractivity contribution is 0.00993. The van der Waals surface area contributed by atoms with E-state index in [4.69, 9.17) is 4.74 Å². The molecule has 0 bridgehead atoms. The standard InChI is InChI=1S/C17H26O3/c1-4-7-10-13(5-2)16(6-3)20-17(19)14-11-8-9-12-15(14)18/h8-9,11-13,16,18H,4-7,10H2,1-3H3. The molecule has 0 aliphatic carbocycles. The number of esters is 1. The van der Waals surface area contributed by atoms with Crippen molar-refractivity contribution < 1.29 is 14.6 Å². The molecule has 0 amide bonds. The second-order valence-electron chi connectivity index (χ2n) is 5.18. The van der Waals surface area contributed by atoms with Gasteiger partial charge in [0.15, 0.2) is 0 Å². The van der Waals surface area contributed by atoms with Gasteiger partial charge >= 0.3 is 5.97 Å². The summed E-state index contributed by atoms with van der Waals surface area (Å²) in [6, 6.07) is 6.52. The maximum absolute atomic E-state index is 12.1. The molecule has 0 spiro atoms. The van der Waals surface area contributed by atoms with E-state index in [2.05, 4.69) is 13.8 Å². The zero-order valence-electron chi connectivity index (χ0n) is 12.8. The van der Waals surface area contributed by atoms with Gasteiger partial charge in [-0.05, 0) is 37.3 Å². The van der Waals surface area contributed by atoms with E-state index in [9.17, 15) is 9.90 Å². The predicted octanol–water partition coefficient (Wildman–Crippen LogP) is 4.54. The van der Waals surface area contributed by atoms with Gasteiger partial charge in [0, 0.05) is 0 Å². The average Bonchev–Trinajstić information content (AvgIpc) is 2.46. The molecule has 0 fully saturated rings. The van der Waals surface area contributed by atoms with Gasteiger partial charge in [-0.15, -0.1) is 0 Å². The van der Waals surface area contributed by atoms with Crippen molar-refractivity contribution >= 4 is 5.97 Å². The molecule has 0 radical (unpaired) electrons. The lowest BCUT2D eigenvalue weighted by Gasteiger charge is -2.25. The maximum atomic E-state index is 12.1. The first-order chi connectivity index (χ1) is 9.63. The first-order valence-electron chi connectivity index (χ1n) is 7.62. The van der Waals surface area contributed by atoms with Gasteiger partial charge in [-0.25, -0.2) is 4.79 Å². The molecule has 3 heteroatoms. The number of phenols is 1. The fourth-order valence-electron chi connectivity index (χ4n) is 2.48. The highest BCUT2D eigenvalue weighted by Crippen LogP contribution is 2.24. The molecule has 1 N–H and O–H groups in total.